The molecule has 1 aliphatic rings. The van der Waals surface area contributed by atoms with Crippen LogP contribution in [-0.2, 0) is 11.2 Å². The smallest absolute Gasteiger partial charge is 0.306 e. The van der Waals surface area contributed by atoms with Gasteiger partial charge < -0.3 is 14.5 Å². The summed E-state index contributed by atoms with van der Waals surface area (Å²) in [5.41, 5.74) is 1.09. The number of nitrogens with zero attached hydrogens (tertiary/aromatic N) is 3. The van der Waals surface area contributed by atoms with E-state index in [0.717, 1.165) is 43.7 Å². The third-order valence-corrected chi connectivity index (χ3v) is 5.72. The number of benzene rings is 1. The highest BCUT2D eigenvalue weighted by molar-refractivity contribution is 5.70. The number of hydrogen-bond donors (Lipinski definition) is 1. The maximum Gasteiger partial charge on any atom is 0.306 e. The molecule has 0 saturated heterocycles. The van der Waals surface area contributed by atoms with Crippen LogP contribution >= 0.6 is 0 Å². The van der Waals surface area contributed by atoms with E-state index in [0.29, 0.717) is 30.6 Å². The van der Waals surface area contributed by atoms with E-state index in [1.54, 1.807) is 0 Å². The van der Waals surface area contributed by atoms with E-state index in [9.17, 15) is 9.90 Å². The Kier molecular flexibility index (Phi) is 6.61. The van der Waals surface area contributed by atoms with E-state index in [1.807, 2.05) is 37.3 Å². The predicted octanol–water partition coefficient (Wildman–Crippen LogP) is 3.67. The van der Waals surface area contributed by atoms with Crippen LogP contribution in [0.4, 0.5) is 0 Å². The molecule has 27 heavy (non-hydrogen) atoms. The van der Waals surface area contributed by atoms with Crippen LogP contribution in [0.2, 0.25) is 0 Å². The van der Waals surface area contributed by atoms with Crippen molar-refractivity contribution in [1.29, 1.82) is 0 Å². The van der Waals surface area contributed by atoms with E-state index in [1.165, 1.54) is 0 Å². The first-order valence-corrected chi connectivity index (χ1v) is 9.80. The van der Waals surface area contributed by atoms with Crippen LogP contribution in [0.5, 0.6) is 0 Å². The molecule has 1 aliphatic carbocycles. The van der Waals surface area contributed by atoms with Gasteiger partial charge in [0.2, 0.25) is 5.89 Å². The van der Waals surface area contributed by atoms with Gasteiger partial charge in [-0.3, -0.25) is 4.79 Å². The molecule has 0 unspecified atom stereocenters. The van der Waals surface area contributed by atoms with Gasteiger partial charge >= 0.3 is 5.97 Å². The van der Waals surface area contributed by atoms with Crippen molar-refractivity contribution in [2.45, 2.75) is 57.4 Å². The lowest BCUT2D eigenvalue weighted by Gasteiger charge is -2.34. The summed E-state index contributed by atoms with van der Waals surface area (Å²) >= 11 is 0. The van der Waals surface area contributed by atoms with Gasteiger partial charge in [-0.1, -0.05) is 35.5 Å². The molecule has 0 amide bonds. The van der Waals surface area contributed by atoms with Crippen molar-refractivity contribution in [3.8, 4) is 0 Å². The molecular formula is C21H29N3O3. The number of carboxylic acid groups (broad SMARTS) is 1. The van der Waals surface area contributed by atoms with Gasteiger partial charge in [0.05, 0.1) is 5.92 Å². The number of aromatic nitrogens is 2. The highest BCUT2D eigenvalue weighted by Gasteiger charge is 2.28. The Balaban J connectivity index is 1.47. The van der Waals surface area contributed by atoms with Crippen molar-refractivity contribution in [2.24, 2.45) is 5.92 Å². The maximum atomic E-state index is 11.7. The number of carbonyl (C=O) groups is 1. The topological polar surface area (TPSA) is 79.5 Å². The minimum absolute atomic E-state index is 0.340. The highest BCUT2D eigenvalue weighted by Crippen LogP contribution is 2.33. The number of aryl methyl sites for hydroxylation is 1. The van der Waals surface area contributed by atoms with E-state index >= 15 is 0 Å². The van der Waals surface area contributed by atoms with Crippen LogP contribution in [0, 0.1) is 12.8 Å². The Morgan fingerprint density at radius 2 is 1.96 bits per heavy atom. The van der Waals surface area contributed by atoms with E-state index < -0.39 is 5.97 Å². The van der Waals surface area contributed by atoms with Crippen LogP contribution in [0.15, 0.2) is 34.9 Å². The molecular weight excluding hydrogens is 342 g/mol. The fourth-order valence-electron chi connectivity index (χ4n) is 4.00. The first-order chi connectivity index (χ1) is 13.0. The van der Waals surface area contributed by atoms with Gasteiger partial charge in [0.1, 0.15) is 0 Å². The largest absolute Gasteiger partial charge is 0.481 e. The predicted molar refractivity (Wildman–Crippen MR) is 103 cm³/mol. The lowest BCUT2D eigenvalue weighted by molar-refractivity contribution is -0.142. The zero-order chi connectivity index (χ0) is 19.2. The molecule has 1 heterocycles. The van der Waals surface area contributed by atoms with Crippen LogP contribution < -0.4 is 0 Å². The van der Waals surface area contributed by atoms with Crippen molar-refractivity contribution < 1.29 is 14.4 Å². The summed E-state index contributed by atoms with van der Waals surface area (Å²) in [5, 5.41) is 13.5. The molecule has 0 radical (unpaired) electrons. The second-order valence-corrected chi connectivity index (χ2v) is 7.68. The molecule has 1 saturated carbocycles. The Morgan fingerprint density at radius 3 is 2.56 bits per heavy atom. The van der Waals surface area contributed by atoms with Gasteiger partial charge in [-0.15, -0.1) is 0 Å². The van der Waals surface area contributed by atoms with Gasteiger partial charge in [-0.05, 0) is 64.6 Å². The third-order valence-electron chi connectivity index (χ3n) is 5.72. The SMILES string of the molecule is Cc1noc(C2CCC(N(C)CC[C@@H](Cc3ccccc3)C(=O)O)CC2)n1. The second kappa shape index (κ2) is 9.13. The number of rotatable bonds is 8. The lowest BCUT2D eigenvalue weighted by Crippen LogP contribution is -2.37. The van der Waals surface area contributed by atoms with Crippen LogP contribution in [0.25, 0.3) is 0 Å². The minimum atomic E-state index is -0.706. The standard InChI is InChI=1S/C21H29N3O3/c1-15-22-20(27-23-15)17-8-10-19(11-9-17)24(2)13-12-18(21(25)26)14-16-6-4-3-5-7-16/h3-7,17-19H,8-14H2,1-2H3,(H,25,26)/t17?,18-,19?/m0/s1. The summed E-state index contributed by atoms with van der Waals surface area (Å²) in [7, 11) is 2.11. The molecule has 0 bridgehead atoms. The van der Waals surface area contributed by atoms with Crippen LogP contribution in [0.3, 0.4) is 0 Å². The molecule has 146 valence electrons. The number of hydrogen-bond acceptors (Lipinski definition) is 5. The maximum absolute atomic E-state index is 11.7. The average molecular weight is 371 g/mol. The van der Waals surface area contributed by atoms with E-state index in [-0.39, 0.29) is 5.92 Å². The minimum Gasteiger partial charge on any atom is -0.481 e. The van der Waals surface area contributed by atoms with Crippen molar-refractivity contribution in [1.82, 2.24) is 15.0 Å². The molecule has 0 aliphatic heterocycles. The van der Waals surface area contributed by atoms with Gasteiger partial charge in [0.15, 0.2) is 5.82 Å². The van der Waals surface area contributed by atoms with Gasteiger partial charge in [0, 0.05) is 12.0 Å². The van der Waals surface area contributed by atoms with Gasteiger partial charge in [-0.25, -0.2) is 0 Å². The van der Waals surface area contributed by atoms with Crippen molar-refractivity contribution in [2.75, 3.05) is 13.6 Å². The molecule has 6 nitrogen and oxygen atoms in total. The quantitative estimate of drug-likeness (QED) is 0.763. The van der Waals surface area contributed by atoms with E-state index in [2.05, 4.69) is 22.1 Å². The molecule has 1 aromatic heterocycles. The normalized spacial score (nSPS) is 21.3. The first kappa shape index (κ1) is 19.5. The fraction of sp³-hybridized carbons (Fsp3) is 0.571. The zero-order valence-electron chi connectivity index (χ0n) is 16.2. The van der Waals surface area contributed by atoms with E-state index in [4.69, 9.17) is 4.52 Å². The van der Waals surface area contributed by atoms with Crippen molar-refractivity contribution in [3.63, 3.8) is 0 Å². The summed E-state index contributed by atoms with van der Waals surface area (Å²) < 4.78 is 5.32. The Hall–Kier alpha value is -2.21. The van der Waals surface area contributed by atoms with Crippen molar-refractivity contribution in [3.05, 3.63) is 47.6 Å². The molecule has 2 aromatic rings. The summed E-state index contributed by atoms with van der Waals surface area (Å²) in [6.07, 6.45) is 5.51. The lowest BCUT2D eigenvalue weighted by atomic mass is 9.85. The van der Waals surface area contributed by atoms with Crippen molar-refractivity contribution >= 4 is 5.97 Å². The highest BCUT2D eigenvalue weighted by atomic mass is 16.5. The molecule has 1 aromatic carbocycles. The number of carboxylic acids is 1. The van der Waals surface area contributed by atoms with Gasteiger partial charge in [0.25, 0.3) is 0 Å². The number of aliphatic carboxylic acids is 1. The molecule has 1 atom stereocenters. The van der Waals surface area contributed by atoms with Crippen LogP contribution in [-0.4, -0.2) is 45.8 Å². The Labute approximate surface area is 160 Å². The monoisotopic (exact) mass is 371 g/mol. The zero-order valence-corrected chi connectivity index (χ0v) is 16.2. The molecule has 1 fully saturated rings. The second-order valence-electron chi connectivity index (χ2n) is 7.68. The molecule has 3 rings (SSSR count). The van der Waals surface area contributed by atoms with Gasteiger partial charge in [-0.2, -0.15) is 4.98 Å². The third kappa shape index (κ3) is 5.39. The Bertz CT molecular complexity index is 723. The molecule has 1 N–H and O–H groups in total. The first-order valence-electron chi connectivity index (χ1n) is 9.80. The summed E-state index contributed by atoms with van der Waals surface area (Å²) in [6, 6.07) is 10.4. The fourth-order valence-corrected chi connectivity index (χ4v) is 4.00. The Morgan fingerprint density at radius 1 is 1.26 bits per heavy atom. The summed E-state index contributed by atoms with van der Waals surface area (Å²) in [6.45, 7) is 2.65. The average Bonchev–Trinajstić information content (AvgIpc) is 3.12. The van der Waals surface area contributed by atoms with Crippen LogP contribution in [0.1, 0.15) is 55.3 Å². The summed E-state index contributed by atoms with van der Waals surface area (Å²) in [5.74, 6) is 0.778. The molecule has 0 spiro atoms. The summed E-state index contributed by atoms with van der Waals surface area (Å²) in [4.78, 5) is 18.3. The molecule has 6 heteroatoms.